The second kappa shape index (κ2) is 7.79. The number of aryl methyl sites for hydroxylation is 2. The van der Waals surface area contributed by atoms with Crippen molar-refractivity contribution in [3.8, 4) is 5.75 Å². The van der Waals surface area contributed by atoms with E-state index in [0.29, 0.717) is 18.0 Å². The minimum absolute atomic E-state index is 0.356. The van der Waals surface area contributed by atoms with Gasteiger partial charge < -0.3 is 9.47 Å². The summed E-state index contributed by atoms with van der Waals surface area (Å²) >= 11 is 0. The highest BCUT2D eigenvalue weighted by molar-refractivity contribution is 6.07. The Morgan fingerprint density at radius 1 is 1.00 bits per heavy atom. The van der Waals surface area contributed by atoms with Crippen molar-refractivity contribution >= 4 is 17.9 Å². The molecule has 0 radical (unpaired) electrons. The van der Waals surface area contributed by atoms with Gasteiger partial charge in [-0.1, -0.05) is 43.3 Å². The van der Waals surface area contributed by atoms with Gasteiger partial charge in [0.2, 0.25) is 0 Å². The Balaban J connectivity index is 1.65. The number of carbonyl (C=O) groups excluding carboxylic acids is 1. The van der Waals surface area contributed by atoms with Crippen molar-refractivity contribution in [2.75, 3.05) is 7.11 Å². The molecule has 4 heteroatoms. The standard InChI is InChI=1S/C21H21NO3/c1-3-15-4-6-17(7-5-15)14-19-21(23)25-20(22-19)13-10-16-8-11-18(24-2)12-9-16/h4-9,11-12,14H,3,10,13H2,1-2H3/b19-14+. The summed E-state index contributed by atoms with van der Waals surface area (Å²) in [4.78, 5) is 16.3. The summed E-state index contributed by atoms with van der Waals surface area (Å²) in [6, 6.07) is 15.9. The Labute approximate surface area is 147 Å². The Morgan fingerprint density at radius 2 is 1.68 bits per heavy atom. The third kappa shape index (κ3) is 4.35. The number of hydrogen-bond acceptors (Lipinski definition) is 4. The molecule has 0 saturated heterocycles. The van der Waals surface area contributed by atoms with Gasteiger partial charge in [0.05, 0.1) is 7.11 Å². The Bertz CT molecular complexity index is 802. The first-order chi connectivity index (χ1) is 12.2. The number of esters is 1. The highest BCUT2D eigenvalue weighted by atomic mass is 16.6. The molecule has 4 nitrogen and oxygen atoms in total. The van der Waals surface area contributed by atoms with Gasteiger partial charge in [-0.05, 0) is 47.7 Å². The van der Waals surface area contributed by atoms with Crippen LogP contribution in [0.4, 0.5) is 0 Å². The number of benzene rings is 2. The summed E-state index contributed by atoms with van der Waals surface area (Å²) in [5.41, 5.74) is 3.71. The number of ether oxygens (including phenoxy) is 2. The van der Waals surface area contributed by atoms with Crippen molar-refractivity contribution in [1.29, 1.82) is 0 Å². The summed E-state index contributed by atoms with van der Waals surface area (Å²) in [6.07, 6.45) is 4.10. The quantitative estimate of drug-likeness (QED) is 0.587. The number of carbonyl (C=O) groups is 1. The molecule has 0 unspecified atom stereocenters. The van der Waals surface area contributed by atoms with Gasteiger partial charge in [-0.3, -0.25) is 0 Å². The average molecular weight is 335 g/mol. The Hall–Kier alpha value is -2.88. The molecule has 0 amide bonds. The highest BCUT2D eigenvalue weighted by Gasteiger charge is 2.22. The maximum atomic E-state index is 12.0. The van der Waals surface area contributed by atoms with E-state index >= 15 is 0 Å². The molecule has 0 spiro atoms. The minimum Gasteiger partial charge on any atom is -0.497 e. The first-order valence-electron chi connectivity index (χ1n) is 8.41. The van der Waals surface area contributed by atoms with Gasteiger partial charge in [0.1, 0.15) is 5.75 Å². The number of rotatable bonds is 6. The zero-order chi connectivity index (χ0) is 17.6. The van der Waals surface area contributed by atoms with Gasteiger partial charge in [0.25, 0.3) is 0 Å². The maximum absolute atomic E-state index is 12.0. The lowest BCUT2D eigenvalue weighted by atomic mass is 10.1. The molecule has 128 valence electrons. The van der Waals surface area contributed by atoms with Crippen molar-refractivity contribution in [3.63, 3.8) is 0 Å². The van der Waals surface area contributed by atoms with Gasteiger partial charge in [-0.25, -0.2) is 9.79 Å². The molecule has 0 saturated carbocycles. The monoisotopic (exact) mass is 335 g/mol. The molecule has 1 heterocycles. The molecule has 0 aliphatic carbocycles. The molecule has 0 fully saturated rings. The zero-order valence-electron chi connectivity index (χ0n) is 14.5. The summed E-state index contributed by atoms with van der Waals surface area (Å²) in [6.45, 7) is 2.11. The van der Waals surface area contributed by atoms with Crippen LogP contribution in [0.15, 0.2) is 59.2 Å². The summed E-state index contributed by atoms with van der Waals surface area (Å²) < 4.78 is 10.4. The van der Waals surface area contributed by atoms with Crippen LogP contribution in [0, 0.1) is 0 Å². The van der Waals surface area contributed by atoms with Gasteiger partial charge in [-0.2, -0.15) is 0 Å². The summed E-state index contributed by atoms with van der Waals surface area (Å²) in [7, 11) is 1.64. The molecule has 3 rings (SSSR count). The number of hydrogen-bond donors (Lipinski definition) is 0. The van der Waals surface area contributed by atoms with Crippen molar-refractivity contribution in [2.45, 2.75) is 26.2 Å². The fourth-order valence-corrected chi connectivity index (χ4v) is 2.61. The smallest absolute Gasteiger partial charge is 0.363 e. The number of nitrogens with zero attached hydrogens (tertiary/aromatic N) is 1. The van der Waals surface area contributed by atoms with Crippen molar-refractivity contribution < 1.29 is 14.3 Å². The Kier molecular flexibility index (Phi) is 5.29. The molecule has 2 aromatic rings. The predicted molar refractivity (Wildman–Crippen MR) is 98.6 cm³/mol. The fourth-order valence-electron chi connectivity index (χ4n) is 2.61. The zero-order valence-corrected chi connectivity index (χ0v) is 14.5. The fraction of sp³-hybridized carbons (Fsp3) is 0.238. The topological polar surface area (TPSA) is 47.9 Å². The van der Waals surface area contributed by atoms with E-state index in [4.69, 9.17) is 9.47 Å². The van der Waals surface area contributed by atoms with E-state index in [-0.39, 0.29) is 5.97 Å². The van der Waals surface area contributed by atoms with E-state index in [9.17, 15) is 4.79 Å². The van der Waals surface area contributed by atoms with Crippen LogP contribution >= 0.6 is 0 Å². The summed E-state index contributed by atoms with van der Waals surface area (Å²) in [5.74, 6) is 0.911. The van der Waals surface area contributed by atoms with Gasteiger partial charge in [0.15, 0.2) is 11.6 Å². The van der Waals surface area contributed by atoms with E-state index in [0.717, 1.165) is 29.7 Å². The lowest BCUT2D eigenvalue weighted by Crippen LogP contribution is -2.05. The van der Waals surface area contributed by atoms with Crippen molar-refractivity contribution in [2.24, 2.45) is 4.99 Å². The lowest BCUT2D eigenvalue weighted by molar-refractivity contribution is -0.130. The minimum atomic E-state index is -0.385. The summed E-state index contributed by atoms with van der Waals surface area (Å²) in [5, 5.41) is 0. The molecule has 0 bridgehead atoms. The van der Waals surface area contributed by atoms with Crippen LogP contribution in [0.5, 0.6) is 5.75 Å². The van der Waals surface area contributed by atoms with Gasteiger partial charge >= 0.3 is 5.97 Å². The first-order valence-corrected chi connectivity index (χ1v) is 8.41. The van der Waals surface area contributed by atoms with Gasteiger partial charge in [0, 0.05) is 6.42 Å². The van der Waals surface area contributed by atoms with Crippen LogP contribution in [0.25, 0.3) is 6.08 Å². The second-order valence-electron chi connectivity index (χ2n) is 5.87. The SMILES string of the molecule is CCc1ccc(/C=C2/N=C(CCc3ccc(OC)cc3)OC2=O)cc1. The normalized spacial score (nSPS) is 15.2. The van der Waals surface area contributed by atoms with Crippen molar-refractivity contribution in [3.05, 3.63) is 70.9 Å². The Morgan fingerprint density at radius 3 is 2.32 bits per heavy atom. The lowest BCUT2D eigenvalue weighted by Gasteiger charge is -2.03. The maximum Gasteiger partial charge on any atom is 0.363 e. The average Bonchev–Trinajstić information content (AvgIpc) is 3.00. The van der Waals surface area contributed by atoms with Crippen LogP contribution in [0.1, 0.15) is 30.0 Å². The van der Waals surface area contributed by atoms with E-state index in [1.165, 1.54) is 5.56 Å². The molecule has 2 aromatic carbocycles. The molecule has 1 aliphatic heterocycles. The van der Waals surface area contributed by atoms with Crippen LogP contribution in [0.3, 0.4) is 0 Å². The predicted octanol–water partition coefficient (Wildman–Crippen LogP) is 4.19. The number of methoxy groups -OCH3 is 1. The molecule has 0 aromatic heterocycles. The number of cyclic esters (lactones) is 1. The third-order valence-corrected chi connectivity index (χ3v) is 4.14. The molecular weight excluding hydrogens is 314 g/mol. The molecule has 1 aliphatic rings. The van der Waals surface area contributed by atoms with Gasteiger partial charge in [-0.15, -0.1) is 0 Å². The van der Waals surface area contributed by atoms with Crippen LogP contribution < -0.4 is 4.74 Å². The highest BCUT2D eigenvalue weighted by Crippen LogP contribution is 2.19. The van der Waals surface area contributed by atoms with E-state index in [2.05, 4.69) is 24.0 Å². The molecule has 0 atom stereocenters. The van der Waals surface area contributed by atoms with Crippen LogP contribution in [0.2, 0.25) is 0 Å². The molecular formula is C21H21NO3. The first kappa shape index (κ1) is 17.0. The molecule has 25 heavy (non-hydrogen) atoms. The largest absolute Gasteiger partial charge is 0.497 e. The molecule has 0 N–H and O–H groups in total. The van der Waals surface area contributed by atoms with Crippen molar-refractivity contribution in [1.82, 2.24) is 0 Å². The van der Waals surface area contributed by atoms with Crippen LogP contribution in [-0.2, 0) is 22.4 Å². The third-order valence-electron chi connectivity index (χ3n) is 4.14. The van der Waals surface area contributed by atoms with E-state index in [1.54, 1.807) is 13.2 Å². The number of aliphatic imine (C=N–C) groups is 1. The van der Waals surface area contributed by atoms with E-state index < -0.39 is 0 Å². The second-order valence-corrected chi connectivity index (χ2v) is 5.87. The van der Waals surface area contributed by atoms with Crippen LogP contribution in [-0.4, -0.2) is 19.0 Å². The van der Waals surface area contributed by atoms with E-state index in [1.807, 2.05) is 36.4 Å².